The Labute approximate surface area is 323 Å². The van der Waals surface area contributed by atoms with Crippen LogP contribution in [0, 0.1) is 23.3 Å². The molecule has 2 aromatic carbocycles. The van der Waals surface area contributed by atoms with Gasteiger partial charge >= 0.3 is 0 Å². The number of carbonyl (C=O) groups is 4. The van der Waals surface area contributed by atoms with Gasteiger partial charge in [0.25, 0.3) is 0 Å². The van der Waals surface area contributed by atoms with Gasteiger partial charge in [-0.15, -0.1) is 34.0 Å². The number of hydrogen-bond acceptors (Lipinski definition) is 7. The predicted molar refractivity (Wildman–Crippen MR) is 206 cm³/mol. The third kappa shape index (κ3) is 4.37. The molecule has 2 spiro atoms. The SMILES string of the molecule is O=C1C(=Cc2cc3c(s2)C2=C(c4sc5cc(C=C6C(=O)c7cc(F)c(F)cc7C6=O)sc5c4C24CCCCC4)C32CCCCC2)C(=O)c2cc(F)c(F)cc21. The molecule has 11 rings (SSSR count). The molecule has 4 nitrogen and oxygen atoms in total. The highest BCUT2D eigenvalue weighted by molar-refractivity contribution is 7.29. The minimum atomic E-state index is -1.17. The maximum atomic E-state index is 14.1. The van der Waals surface area contributed by atoms with E-state index in [1.54, 1.807) is 46.2 Å². The van der Waals surface area contributed by atoms with E-state index in [-0.39, 0.29) is 44.2 Å². The first kappa shape index (κ1) is 33.7. The normalized spacial score (nSPS) is 20.3. The molecule has 3 aromatic heterocycles. The molecule has 274 valence electrons. The van der Waals surface area contributed by atoms with E-state index in [1.807, 2.05) is 6.07 Å². The van der Waals surface area contributed by atoms with Crippen LogP contribution in [0.15, 0.2) is 47.5 Å². The summed E-state index contributed by atoms with van der Waals surface area (Å²) in [5.74, 6) is -7.06. The van der Waals surface area contributed by atoms with Gasteiger partial charge in [-0.3, -0.25) is 19.2 Å². The fourth-order valence-corrected chi connectivity index (χ4v) is 14.8. The zero-order valence-electron chi connectivity index (χ0n) is 29.1. The number of allylic oxidation sites excluding steroid dienone is 4. The van der Waals surface area contributed by atoms with E-state index < -0.39 is 46.4 Å². The van der Waals surface area contributed by atoms with Crippen LogP contribution in [0.4, 0.5) is 17.6 Å². The van der Waals surface area contributed by atoms with Gasteiger partial charge in [0.1, 0.15) is 0 Å². The van der Waals surface area contributed by atoms with E-state index in [0.717, 1.165) is 108 Å². The van der Waals surface area contributed by atoms with Crippen molar-refractivity contribution in [1.82, 2.24) is 0 Å². The van der Waals surface area contributed by atoms with E-state index in [1.165, 1.54) is 32.0 Å². The standard InChI is InChI=1S/C44H28F4O4S3/c45-28-15-21-22(16-29(28)46)37(50)25(36(21)49)11-19-13-27-40(53-19)33-34(43(27)7-3-1-4-8-43)42-35(44(33)9-5-2-6-10-44)41-32(55-42)14-20(54-41)12-26-38(51)23-17-30(47)31(48)18-24(23)39(26)52/h11-18H,1-10H2. The van der Waals surface area contributed by atoms with E-state index in [9.17, 15) is 36.7 Å². The van der Waals surface area contributed by atoms with Crippen molar-refractivity contribution in [1.29, 1.82) is 0 Å². The van der Waals surface area contributed by atoms with Crippen LogP contribution in [0.25, 0.3) is 32.7 Å². The minimum absolute atomic E-state index is 0.0794. The molecule has 3 heterocycles. The van der Waals surface area contributed by atoms with Crippen molar-refractivity contribution in [2.24, 2.45) is 0 Å². The molecule has 0 unspecified atom stereocenters. The predicted octanol–water partition coefficient (Wildman–Crippen LogP) is 11.8. The highest BCUT2D eigenvalue weighted by Crippen LogP contribution is 2.72. The first-order valence-corrected chi connectivity index (χ1v) is 21.0. The van der Waals surface area contributed by atoms with E-state index in [2.05, 4.69) is 6.07 Å². The van der Waals surface area contributed by atoms with Crippen molar-refractivity contribution in [2.75, 3.05) is 0 Å². The van der Waals surface area contributed by atoms with Crippen LogP contribution >= 0.6 is 34.0 Å². The summed E-state index contributed by atoms with van der Waals surface area (Å²) in [6.45, 7) is 0. The van der Waals surface area contributed by atoms with Crippen molar-refractivity contribution >= 4 is 89.8 Å². The Morgan fingerprint density at radius 2 is 0.927 bits per heavy atom. The number of carbonyl (C=O) groups excluding carboxylic acids is 4. The summed E-state index contributed by atoms with van der Waals surface area (Å²) in [6, 6.07) is 7.43. The monoisotopic (exact) mass is 792 g/mol. The molecule has 0 saturated heterocycles. The summed E-state index contributed by atoms with van der Waals surface area (Å²) in [4.78, 5) is 57.3. The highest BCUT2D eigenvalue weighted by atomic mass is 32.1. The minimum Gasteiger partial charge on any atom is -0.288 e. The van der Waals surface area contributed by atoms with E-state index >= 15 is 0 Å². The summed E-state index contributed by atoms with van der Waals surface area (Å²) in [7, 11) is 0. The van der Waals surface area contributed by atoms with Crippen molar-refractivity contribution in [3.8, 4) is 0 Å². The number of fused-ring (bicyclic) bond motifs is 12. The number of thiophene rings is 3. The van der Waals surface area contributed by atoms with Crippen LogP contribution in [0.1, 0.15) is 136 Å². The maximum Gasteiger partial charge on any atom is 0.197 e. The first-order chi connectivity index (χ1) is 26.5. The Morgan fingerprint density at radius 3 is 1.42 bits per heavy atom. The molecular formula is C44H28F4O4S3. The third-order valence-electron chi connectivity index (χ3n) is 12.9. The van der Waals surface area contributed by atoms with Gasteiger partial charge in [0, 0.05) is 57.3 Å². The van der Waals surface area contributed by atoms with Gasteiger partial charge < -0.3 is 0 Å². The molecule has 0 bridgehead atoms. The summed E-state index contributed by atoms with van der Waals surface area (Å²) in [6.07, 6.45) is 13.6. The lowest BCUT2D eigenvalue weighted by Crippen LogP contribution is -2.28. The molecule has 0 radical (unpaired) electrons. The van der Waals surface area contributed by atoms with Crippen molar-refractivity contribution in [3.63, 3.8) is 0 Å². The van der Waals surface area contributed by atoms with Gasteiger partial charge in [0.15, 0.2) is 46.4 Å². The molecule has 0 atom stereocenters. The molecule has 55 heavy (non-hydrogen) atoms. The van der Waals surface area contributed by atoms with E-state index in [4.69, 9.17) is 0 Å². The number of hydrogen-bond donors (Lipinski definition) is 0. The lowest BCUT2D eigenvalue weighted by Gasteiger charge is -2.37. The first-order valence-electron chi connectivity index (χ1n) is 18.6. The Hall–Kier alpha value is -4.58. The summed E-state index contributed by atoms with van der Waals surface area (Å²) in [5, 5.41) is 0. The molecule has 2 fully saturated rings. The molecule has 5 aromatic rings. The van der Waals surface area contributed by atoms with Crippen LogP contribution in [0.3, 0.4) is 0 Å². The van der Waals surface area contributed by atoms with Crippen molar-refractivity contribution < 1.29 is 36.7 Å². The van der Waals surface area contributed by atoms with Gasteiger partial charge in [0.05, 0.1) is 15.8 Å². The van der Waals surface area contributed by atoms with E-state index in [0.29, 0.717) is 0 Å². The zero-order chi connectivity index (χ0) is 37.7. The Balaban J connectivity index is 1.05. The number of benzene rings is 2. The summed E-state index contributed by atoms with van der Waals surface area (Å²) in [5.41, 5.74) is 4.25. The Bertz CT molecular complexity index is 2710. The Kier molecular flexibility index (Phi) is 7.05. The number of Topliss-reactive ketones (excluding diaryl/α,β-unsaturated/α-hetero) is 4. The maximum absolute atomic E-state index is 14.1. The topological polar surface area (TPSA) is 68.3 Å². The second kappa shape index (κ2) is 11.5. The fourth-order valence-electron chi connectivity index (χ4n) is 10.5. The van der Waals surface area contributed by atoms with Crippen LogP contribution in [-0.4, -0.2) is 23.1 Å². The van der Waals surface area contributed by atoms with Crippen LogP contribution in [0.2, 0.25) is 0 Å². The van der Waals surface area contributed by atoms with Crippen LogP contribution in [-0.2, 0) is 10.8 Å². The Morgan fingerprint density at radius 1 is 0.491 bits per heavy atom. The molecule has 0 aliphatic heterocycles. The van der Waals surface area contributed by atoms with Crippen molar-refractivity contribution in [2.45, 2.75) is 75.0 Å². The molecule has 0 N–H and O–H groups in total. The lowest BCUT2D eigenvalue weighted by atomic mass is 9.67. The van der Waals surface area contributed by atoms with Gasteiger partial charge in [0.2, 0.25) is 0 Å². The molecule has 11 heteroatoms. The third-order valence-corrected chi connectivity index (χ3v) is 16.3. The largest absolute Gasteiger partial charge is 0.288 e. The molecular weight excluding hydrogens is 765 g/mol. The average Bonchev–Trinajstić information content (AvgIpc) is 4.01. The van der Waals surface area contributed by atoms with Crippen LogP contribution in [0.5, 0.6) is 0 Å². The highest BCUT2D eigenvalue weighted by Gasteiger charge is 2.59. The van der Waals surface area contributed by atoms with Gasteiger partial charge in [-0.2, -0.15) is 0 Å². The number of rotatable bonds is 2. The van der Waals surface area contributed by atoms with Crippen molar-refractivity contribution in [3.05, 3.63) is 124 Å². The van der Waals surface area contributed by atoms with Crippen LogP contribution < -0.4 is 0 Å². The molecule has 6 aliphatic carbocycles. The van der Waals surface area contributed by atoms with Gasteiger partial charge in [-0.25, -0.2) is 17.6 Å². The average molecular weight is 793 g/mol. The second-order valence-corrected chi connectivity index (χ2v) is 18.9. The zero-order valence-corrected chi connectivity index (χ0v) is 31.5. The van der Waals surface area contributed by atoms with Gasteiger partial charge in [-0.05, 0) is 96.5 Å². The fraction of sp³-hybridized carbons (Fsp3) is 0.273. The lowest BCUT2D eigenvalue weighted by molar-refractivity contribution is 0.0975. The summed E-state index contributed by atoms with van der Waals surface area (Å²) >= 11 is 4.91. The molecule has 6 aliphatic rings. The molecule has 2 saturated carbocycles. The van der Waals surface area contributed by atoms with Gasteiger partial charge in [-0.1, -0.05) is 38.5 Å². The summed E-state index contributed by atoms with van der Waals surface area (Å²) < 4.78 is 58.5. The second-order valence-electron chi connectivity index (χ2n) is 15.6. The number of ketones is 4. The smallest absolute Gasteiger partial charge is 0.197 e. The molecule has 0 amide bonds. The number of halogens is 4. The quantitative estimate of drug-likeness (QED) is 0.101.